The number of primary amides is 1. The Balaban J connectivity index is 1.96. The van der Waals surface area contributed by atoms with Gasteiger partial charge in [-0.05, 0) is 36.6 Å². The van der Waals surface area contributed by atoms with Crippen molar-refractivity contribution in [3.8, 4) is 0 Å². The van der Waals surface area contributed by atoms with Crippen molar-refractivity contribution in [2.75, 3.05) is 5.32 Å². The van der Waals surface area contributed by atoms with Crippen LogP contribution in [0.4, 0.5) is 18.9 Å². The van der Waals surface area contributed by atoms with Gasteiger partial charge in [0, 0.05) is 11.9 Å². The van der Waals surface area contributed by atoms with E-state index in [-0.39, 0.29) is 35.3 Å². The molecule has 1 aromatic heterocycles. The van der Waals surface area contributed by atoms with Gasteiger partial charge in [0.25, 0.3) is 11.8 Å². The lowest BCUT2D eigenvalue weighted by Gasteiger charge is -2.22. The molecule has 1 aliphatic rings. The number of amides is 2. The summed E-state index contributed by atoms with van der Waals surface area (Å²) >= 11 is 0. The minimum absolute atomic E-state index is 0.00686. The molecule has 8 heteroatoms. The maximum absolute atomic E-state index is 13.4. The van der Waals surface area contributed by atoms with E-state index < -0.39 is 23.4 Å². The van der Waals surface area contributed by atoms with Crippen LogP contribution in [0.5, 0.6) is 0 Å². The average molecular weight is 349 g/mol. The highest BCUT2D eigenvalue weighted by atomic mass is 19.4. The lowest BCUT2D eigenvalue weighted by Crippen LogP contribution is -2.30. The second-order valence-corrected chi connectivity index (χ2v) is 5.84. The summed E-state index contributed by atoms with van der Waals surface area (Å²) in [5, 5.41) is 2.43. The van der Waals surface area contributed by atoms with Crippen LogP contribution in [0.2, 0.25) is 0 Å². The number of nitrogens with zero attached hydrogens (tertiary/aromatic N) is 1. The first kappa shape index (κ1) is 16.9. The quantitative estimate of drug-likeness (QED) is 0.890. The monoisotopic (exact) mass is 349 g/mol. The van der Waals surface area contributed by atoms with E-state index >= 15 is 0 Å². The number of halogens is 3. The summed E-state index contributed by atoms with van der Waals surface area (Å²) in [6, 6.07) is 8.53. The van der Waals surface area contributed by atoms with E-state index in [2.05, 4.69) is 10.3 Å². The molecule has 2 aromatic rings. The van der Waals surface area contributed by atoms with Crippen LogP contribution in [0, 0.1) is 0 Å². The summed E-state index contributed by atoms with van der Waals surface area (Å²) < 4.78 is 40.2. The van der Waals surface area contributed by atoms with E-state index in [0.717, 1.165) is 0 Å². The molecule has 25 heavy (non-hydrogen) atoms. The molecule has 0 unspecified atom stereocenters. The largest absolute Gasteiger partial charge is 0.398 e. The van der Waals surface area contributed by atoms with E-state index in [4.69, 9.17) is 5.73 Å². The van der Waals surface area contributed by atoms with Gasteiger partial charge in [-0.1, -0.05) is 18.2 Å². The van der Waals surface area contributed by atoms with Crippen LogP contribution in [-0.2, 0) is 5.41 Å². The van der Waals surface area contributed by atoms with Crippen LogP contribution < -0.4 is 11.1 Å². The van der Waals surface area contributed by atoms with E-state index in [1.54, 1.807) is 0 Å². The highest BCUT2D eigenvalue weighted by molar-refractivity contribution is 6.10. The normalized spacial score (nSPS) is 15.5. The Kier molecular flexibility index (Phi) is 3.98. The number of carbonyl (C=O) groups excluding carboxylic acids is 2. The Morgan fingerprint density at radius 2 is 1.80 bits per heavy atom. The molecular weight excluding hydrogens is 335 g/mol. The smallest absolute Gasteiger partial charge is 0.366 e. The number of nitrogens with one attached hydrogen (secondary N) is 1. The summed E-state index contributed by atoms with van der Waals surface area (Å²) in [5.41, 5.74) is 2.98. The van der Waals surface area contributed by atoms with E-state index in [1.807, 2.05) is 0 Å². The molecular formula is C17H14F3N3O2. The highest BCUT2D eigenvalue weighted by Crippen LogP contribution is 2.60. The van der Waals surface area contributed by atoms with Gasteiger partial charge in [-0.25, -0.2) is 0 Å². The first-order valence-electron chi connectivity index (χ1n) is 7.49. The van der Waals surface area contributed by atoms with Crippen LogP contribution in [0.15, 0.2) is 42.6 Å². The second kappa shape index (κ2) is 5.87. The number of benzene rings is 1. The van der Waals surface area contributed by atoms with Crippen LogP contribution in [0.1, 0.15) is 39.3 Å². The molecule has 2 amide bonds. The first-order chi connectivity index (χ1) is 11.8. The number of nitrogens with two attached hydrogens (primary N) is 1. The van der Waals surface area contributed by atoms with Crippen LogP contribution in [-0.4, -0.2) is 23.0 Å². The number of rotatable bonds is 4. The number of pyridine rings is 1. The summed E-state index contributed by atoms with van der Waals surface area (Å²) in [4.78, 5) is 27.6. The van der Waals surface area contributed by atoms with Crippen molar-refractivity contribution in [1.82, 2.24) is 4.98 Å². The fraction of sp³-hybridized carbons (Fsp3) is 0.235. The van der Waals surface area contributed by atoms with Gasteiger partial charge in [-0.3, -0.25) is 14.6 Å². The van der Waals surface area contributed by atoms with Gasteiger partial charge in [0.05, 0.1) is 11.0 Å². The minimum Gasteiger partial charge on any atom is -0.366 e. The van der Waals surface area contributed by atoms with Gasteiger partial charge >= 0.3 is 6.18 Å². The Hall–Kier alpha value is -2.90. The maximum Gasteiger partial charge on any atom is 0.398 e. The first-order valence-corrected chi connectivity index (χ1v) is 7.49. The molecule has 1 aliphatic carbocycles. The number of hydrogen-bond acceptors (Lipinski definition) is 3. The average Bonchev–Trinajstić information content (AvgIpc) is 3.37. The third kappa shape index (κ3) is 2.95. The molecule has 1 saturated carbocycles. The molecule has 5 nitrogen and oxygen atoms in total. The van der Waals surface area contributed by atoms with Gasteiger partial charge in [0.2, 0.25) is 0 Å². The van der Waals surface area contributed by atoms with Gasteiger partial charge in [0.1, 0.15) is 5.69 Å². The highest BCUT2D eigenvalue weighted by Gasteiger charge is 2.64. The third-order valence-corrected chi connectivity index (χ3v) is 4.27. The topological polar surface area (TPSA) is 85.1 Å². The van der Waals surface area contributed by atoms with E-state index in [9.17, 15) is 22.8 Å². The fourth-order valence-corrected chi connectivity index (χ4v) is 2.81. The molecule has 130 valence electrons. The summed E-state index contributed by atoms with van der Waals surface area (Å²) in [7, 11) is 0. The second-order valence-electron chi connectivity index (χ2n) is 5.84. The lowest BCUT2D eigenvalue weighted by molar-refractivity contribution is -0.160. The number of alkyl halides is 3. The number of hydrogen-bond donors (Lipinski definition) is 2. The van der Waals surface area contributed by atoms with Crippen LogP contribution >= 0.6 is 0 Å². The summed E-state index contributed by atoms with van der Waals surface area (Å²) in [6.07, 6.45) is -3.17. The lowest BCUT2D eigenvalue weighted by atomic mass is 9.93. The molecule has 0 spiro atoms. The number of para-hydroxylation sites is 1. The summed E-state index contributed by atoms with van der Waals surface area (Å²) in [5.74, 6) is -1.64. The van der Waals surface area contributed by atoms with Crippen LogP contribution in [0.25, 0.3) is 0 Å². The third-order valence-electron chi connectivity index (χ3n) is 4.27. The van der Waals surface area contributed by atoms with Crippen molar-refractivity contribution in [2.45, 2.75) is 24.4 Å². The zero-order valence-corrected chi connectivity index (χ0v) is 12.9. The fourth-order valence-electron chi connectivity index (χ4n) is 2.81. The number of aromatic nitrogens is 1. The molecule has 3 N–H and O–H groups in total. The predicted octanol–water partition coefficient (Wildman–Crippen LogP) is 3.03. The molecule has 0 radical (unpaired) electrons. The number of carbonyl (C=O) groups is 2. The molecule has 1 fully saturated rings. The molecule has 0 atom stereocenters. The molecule has 1 heterocycles. The van der Waals surface area contributed by atoms with E-state index in [1.165, 1.54) is 42.6 Å². The zero-order chi connectivity index (χ0) is 18.2. The van der Waals surface area contributed by atoms with Crippen molar-refractivity contribution < 1.29 is 22.8 Å². The molecule has 0 aliphatic heterocycles. The molecule has 0 saturated heterocycles. The van der Waals surface area contributed by atoms with Crippen molar-refractivity contribution in [3.05, 3.63) is 59.4 Å². The number of anilines is 1. The summed E-state index contributed by atoms with van der Waals surface area (Å²) in [6.45, 7) is 0. The molecule has 1 aromatic carbocycles. The van der Waals surface area contributed by atoms with Crippen molar-refractivity contribution in [3.63, 3.8) is 0 Å². The zero-order valence-electron chi connectivity index (χ0n) is 12.9. The van der Waals surface area contributed by atoms with Gasteiger partial charge in [-0.2, -0.15) is 13.2 Å². The Morgan fingerprint density at radius 3 is 2.40 bits per heavy atom. The minimum atomic E-state index is -4.41. The van der Waals surface area contributed by atoms with Crippen LogP contribution in [0.3, 0.4) is 0 Å². The Labute approximate surface area is 141 Å². The maximum atomic E-state index is 13.4. The van der Waals surface area contributed by atoms with Gasteiger partial charge in [-0.15, -0.1) is 0 Å². The van der Waals surface area contributed by atoms with Gasteiger partial charge < -0.3 is 11.1 Å². The van der Waals surface area contributed by atoms with Gasteiger partial charge in [0.15, 0.2) is 0 Å². The van der Waals surface area contributed by atoms with E-state index in [0.29, 0.717) is 0 Å². The predicted molar refractivity (Wildman–Crippen MR) is 84.1 cm³/mol. The van der Waals surface area contributed by atoms with Crippen molar-refractivity contribution in [1.29, 1.82) is 0 Å². The van der Waals surface area contributed by atoms with Crippen molar-refractivity contribution >= 4 is 17.5 Å². The standard InChI is InChI=1S/C17H14F3N3O2/c18-17(19,20)16(7-8-16)11-5-1-2-6-12(11)23-15(25)13-10(14(21)24)4-3-9-22-13/h1-6,9H,7-8H2,(H2,21,24)(H,23,25). The van der Waals surface area contributed by atoms with Crippen molar-refractivity contribution in [2.24, 2.45) is 5.73 Å². The Bertz CT molecular complexity index is 845. The SMILES string of the molecule is NC(=O)c1cccnc1C(=O)Nc1ccccc1C1(C(F)(F)F)CC1. The molecule has 0 bridgehead atoms. The Morgan fingerprint density at radius 1 is 1.12 bits per heavy atom. The molecule has 3 rings (SSSR count).